The van der Waals surface area contributed by atoms with Crippen molar-refractivity contribution in [1.82, 2.24) is 0 Å². The normalized spacial score (nSPS) is 42.5. The molecular weight excluding hydrogens is 212 g/mol. The number of methoxy groups -OCH3 is 1. The van der Waals surface area contributed by atoms with E-state index in [1.54, 1.807) is 6.92 Å². The van der Waals surface area contributed by atoms with Crippen molar-refractivity contribution in [3.8, 4) is 0 Å². The predicted molar refractivity (Wildman–Crippen MR) is 53.9 cm³/mol. The molecule has 1 spiro atoms. The van der Waals surface area contributed by atoms with Crippen LogP contribution in [0.2, 0.25) is 0 Å². The molecule has 0 bridgehead atoms. The zero-order valence-corrected chi connectivity index (χ0v) is 9.44. The molecule has 5 heteroatoms. The van der Waals surface area contributed by atoms with Gasteiger partial charge in [0.05, 0.1) is 13.2 Å². The van der Waals surface area contributed by atoms with Crippen LogP contribution in [0.15, 0.2) is 24.0 Å². The van der Waals surface area contributed by atoms with Crippen molar-refractivity contribution >= 4 is 5.97 Å². The zero-order valence-electron chi connectivity index (χ0n) is 9.44. The molecule has 0 aromatic rings. The second kappa shape index (κ2) is 3.09. The van der Waals surface area contributed by atoms with Gasteiger partial charge >= 0.3 is 5.97 Å². The summed E-state index contributed by atoms with van der Waals surface area (Å²) in [5, 5.41) is 10.0. The smallest absolute Gasteiger partial charge is 0.337 e. The van der Waals surface area contributed by atoms with Crippen molar-refractivity contribution < 1.29 is 24.1 Å². The van der Waals surface area contributed by atoms with Gasteiger partial charge < -0.3 is 14.6 Å². The summed E-state index contributed by atoms with van der Waals surface area (Å²) in [6, 6.07) is 0. The van der Waals surface area contributed by atoms with Gasteiger partial charge in [0.1, 0.15) is 0 Å². The van der Waals surface area contributed by atoms with Crippen molar-refractivity contribution in [2.75, 3.05) is 7.11 Å². The molecule has 1 N–H and O–H groups in total. The molecule has 5 nitrogen and oxygen atoms in total. The zero-order chi connectivity index (χ0) is 12.1. The van der Waals surface area contributed by atoms with E-state index in [4.69, 9.17) is 14.2 Å². The first-order valence-electron chi connectivity index (χ1n) is 4.94. The topological polar surface area (TPSA) is 65.0 Å². The Morgan fingerprint density at radius 3 is 2.69 bits per heavy atom. The van der Waals surface area contributed by atoms with Crippen LogP contribution in [-0.2, 0) is 19.0 Å². The minimum absolute atomic E-state index is 0.215. The average molecular weight is 226 g/mol. The highest BCUT2D eigenvalue weighted by atomic mass is 16.8. The second-order valence-corrected chi connectivity index (χ2v) is 4.15. The lowest BCUT2D eigenvalue weighted by atomic mass is 9.92. The van der Waals surface area contributed by atoms with E-state index in [2.05, 4.69) is 6.58 Å². The number of aliphatic hydroxyl groups is 1. The number of carbonyl (C=O) groups is 1. The highest BCUT2D eigenvalue weighted by Gasteiger charge is 2.62. The van der Waals surface area contributed by atoms with Crippen LogP contribution in [0.4, 0.5) is 0 Å². The van der Waals surface area contributed by atoms with E-state index in [9.17, 15) is 9.90 Å². The largest absolute Gasteiger partial charge is 0.494 e. The van der Waals surface area contributed by atoms with Crippen LogP contribution in [0.3, 0.4) is 0 Å². The maximum Gasteiger partial charge on any atom is 0.337 e. The van der Waals surface area contributed by atoms with Crippen LogP contribution >= 0.6 is 0 Å². The molecule has 16 heavy (non-hydrogen) atoms. The summed E-state index contributed by atoms with van der Waals surface area (Å²) in [4.78, 5) is 11.3. The first kappa shape index (κ1) is 11.2. The van der Waals surface area contributed by atoms with Gasteiger partial charge in [-0.15, -0.1) is 0 Å². The minimum atomic E-state index is -1.46. The van der Waals surface area contributed by atoms with E-state index in [-0.39, 0.29) is 11.7 Å². The Morgan fingerprint density at radius 2 is 2.25 bits per heavy atom. The molecule has 2 rings (SSSR count). The first-order valence-corrected chi connectivity index (χ1v) is 4.94. The molecule has 0 aliphatic carbocycles. The maximum absolute atomic E-state index is 11.3. The SMILES string of the molecule is C=C1[C@H](C)[C@](C)(O)O[C@]12OC(=O)C=C2OC. The molecular formula is C11H14O5. The summed E-state index contributed by atoms with van der Waals surface area (Å²) < 4.78 is 15.6. The molecule has 2 aliphatic heterocycles. The predicted octanol–water partition coefficient (Wildman–Crippen LogP) is 0.701. The Labute approximate surface area is 93.3 Å². The van der Waals surface area contributed by atoms with Crippen LogP contribution in [0, 0.1) is 5.92 Å². The number of hydrogen-bond acceptors (Lipinski definition) is 5. The quantitative estimate of drug-likeness (QED) is 0.526. The maximum atomic E-state index is 11.3. The molecule has 1 fully saturated rings. The van der Waals surface area contributed by atoms with Crippen molar-refractivity contribution in [1.29, 1.82) is 0 Å². The number of carbonyl (C=O) groups excluding carboxylic acids is 1. The number of hydrogen-bond donors (Lipinski definition) is 1. The summed E-state index contributed by atoms with van der Waals surface area (Å²) in [5.74, 6) is -3.61. The first-order chi connectivity index (χ1) is 7.33. The average Bonchev–Trinajstić information content (AvgIpc) is 2.59. The number of ether oxygens (including phenoxy) is 3. The highest BCUT2D eigenvalue weighted by molar-refractivity contribution is 5.86. The fraction of sp³-hybridized carbons (Fsp3) is 0.545. The Kier molecular flexibility index (Phi) is 2.15. The molecule has 0 radical (unpaired) electrons. The number of rotatable bonds is 1. The second-order valence-electron chi connectivity index (χ2n) is 4.15. The number of esters is 1. The van der Waals surface area contributed by atoms with Gasteiger partial charge in [-0.3, -0.25) is 4.74 Å². The van der Waals surface area contributed by atoms with E-state index >= 15 is 0 Å². The van der Waals surface area contributed by atoms with Crippen molar-refractivity contribution in [3.05, 3.63) is 24.0 Å². The van der Waals surface area contributed by atoms with Gasteiger partial charge in [-0.2, -0.15) is 0 Å². The van der Waals surface area contributed by atoms with E-state index in [1.807, 2.05) is 0 Å². The Hall–Kier alpha value is -1.33. The molecule has 0 amide bonds. The molecule has 0 aromatic heterocycles. The summed E-state index contributed by atoms with van der Waals surface area (Å²) in [6.45, 7) is 7.06. The van der Waals surface area contributed by atoms with Gasteiger partial charge in [0, 0.05) is 11.5 Å². The fourth-order valence-electron chi connectivity index (χ4n) is 1.96. The van der Waals surface area contributed by atoms with Crippen LogP contribution < -0.4 is 0 Å². The third kappa shape index (κ3) is 1.22. The Bertz CT molecular complexity index is 395. The van der Waals surface area contributed by atoms with Gasteiger partial charge in [0.15, 0.2) is 11.5 Å². The third-order valence-electron chi connectivity index (χ3n) is 3.14. The lowest BCUT2D eigenvalue weighted by Crippen LogP contribution is -2.37. The van der Waals surface area contributed by atoms with Crippen LogP contribution in [0.1, 0.15) is 13.8 Å². The summed E-state index contributed by atoms with van der Waals surface area (Å²) >= 11 is 0. The standard InChI is InChI=1S/C11H14O5/c1-6-7(2)11(16-10(6,3)13)8(14-4)5-9(12)15-11/h5-6,13H,2H2,1,3-4H3/t6-,10+,11+/m0/s1. The van der Waals surface area contributed by atoms with Crippen molar-refractivity contribution in [3.63, 3.8) is 0 Å². The Morgan fingerprint density at radius 1 is 1.62 bits per heavy atom. The van der Waals surface area contributed by atoms with Gasteiger partial charge in [-0.05, 0) is 6.92 Å². The van der Waals surface area contributed by atoms with Gasteiger partial charge in [-0.1, -0.05) is 13.5 Å². The van der Waals surface area contributed by atoms with E-state index < -0.39 is 17.5 Å². The van der Waals surface area contributed by atoms with Crippen LogP contribution in [0.5, 0.6) is 0 Å². The molecule has 0 aromatic carbocycles. The molecule has 0 unspecified atom stereocenters. The minimum Gasteiger partial charge on any atom is -0.494 e. The monoisotopic (exact) mass is 226 g/mol. The molecule has 2 aliphatic rings. The van der Waals surface area contributed by atoms with Gasteiger partial charge in [0.2, 0.25) is 0 Å². The summed E-state index contributed by atoms with van der Waals surface area (Å²) in [6.07, 6.45) is 1.19. The molecule has 1 saturated heterocycles. The van der Waals surface area contributed by atoms with Crippen LogP contribution in [0.25, 0.3) is 0 Å². The molecule has 88 valence electrons. The summed E-state index contributed by atoms with van der Waals surface area (Å²) in [7, 11) is 1.41. The Balaban J connectivity index is 2.46. The third-order valence-corrected chi connectivity index (χ3v) is 3.14. The van der Waals surface area contributed by atoms with E-state index in [0.29, 0.717) is 5.57 Å². The van der Waals surface area contributed by atoms with Gasteiger partial charge in [-0.25, -0.2) is 4.79 Å². The van der Waals surface area contributed by atoms with Crippen molar-refractivity contribution in [2.24, 2.45) is 5.92 Å². The van der Waals surface area contributed by atoms with E-state index in [0.717, 1.165) is 0 Å². The summed E-state index contributed by atoms with van der Waals surface area (Å²) in [5.41, 5.74) is 0.469. The molecule has 3 atom stereocenters. The fourth-order valence-corrected chi connectivity index (χ4v) is 1.96. The van der Waals surface area contributed by atoms with Crippen LogP contribution in [-0.4, -0.2) is 29.8 Å². The van der Waals surface area contributed by atoms with Crippen molar-refractivity contribution in [2.45, 2.75) is 25.4 Å². The molecule has 2 heterocycles. The highest BCUT2D eigenvalue weighted by Crippen LogP contribution is 2.50. The lowest BCUT2D eigenvalue weighted by molar-refractivity contribution is -0.277. The molecule has 0 saturated carbocycles. The van der Waals surface area contributed by atoms with Gasteiger partial charge in [0.25, 0.3) is 5.79 Å². The van der Waals surface area contributed by atoms with E-state index in [1.165, 1.54) is 20.1 Å². The lowest BCUT2D eigenvalue weighted by Gasteiger charge is -2.27.